The van der Waals surface area contributed by atoms with Crippen molar-refractivity contribution in [3.8, 4) is 0 Å². The third kappa shape index (κ3) is 2.79. The number of halogens is 2. The van der Waals surface area contributed by atoms with Gasteiger partial charge in [-0.05, 0) is 0 Å². The molecule has 3 heteroatoms. The van der Waals surface area contributed by atoms with Crippen LogP contribution in [0.2, 0.25) is 0 Å². The van der Waals surface area contributed by atoms with E-state index in [-0.39, 0.29) is 0 Å². The van der Waals surface area contributed by atoms with Gasteiger partial charge in [-0.1, -0.05) is 0 Å². The summed E-state index contributed by atoms with van der Waals surface area (Å²) in [6.45, 7) is 4.36. The Balaban J connectivity index is 2.58. The van der Waals surface area contributed by atoms with E-state index in [4.69, 9.17) is 0 Å². The summed E-state index contributed by atoms with van der Waals surface area (Å²) >= 11 is 5.31. The molecule has 2 rings (SSSR count). The minimum atomic E-state index is -2.74. The molecule has 2 aromatic carbocycles. The molecule has 0 heterocycles. The molecule has 0 aliphatic carbocycles. The zero-order valence-electron chi connectivity index (χ0n) is 9.87. The summed E-state index contributed by atoms with van der Waals surface area (Å²) in [5, 5.41) is 0. The van der Waals surface area contributed by atoms with Gasteiger partial charge in [-0.2, -0.15) is 0 Å². The molecule has 0 N–H and O–H groups in total. The first-order chi connectivity index (χ1) is 8.03. The SMILES string of the molecule is Cc1cccc[c]1[Sn]([Br])([Br])[c]1ccccc1C. The van der Waals surface area contributed by atoms with Gasteiger partial charge in [0.15, 0.2) is 0 Å². The van der Waals surface area contributed by atoms with Crippen molar-refractivity contribution in [2.75, 3.05) is 0 Å². The molecule has 17 heavy (non-hydrogen) atoms. The molecule has 0 aliphatic rings. The summed E-state index contributed by atoms with van der Waals surface area (Å²) in [7, 11) is 0. The molecular formula is C14H14Br2Sn. The molecule has 0 atom stereocenters. The molecule has 0 aliphatic heterocycles. The van der Waals surface area contributed by atoms with Gasteiger partial charge in [0, 0.05) is 0 Å². The molecule has 0 saturated heterocycles. The van der Waals surface area contributed by atoms with Crippen molar-refractivity contribution in [2.24, 2.45) is 0 Å². The topological polar surface area (TPSA) is 0 Å². The molecule has 0 radical (unpaired) electrons. The standard InChI is InChI=1S/2C7H7.2BrH.Sn/c2*1-7-5-3-2-4-6-7;;;/h2*2-5H,1H3;2*1H;/q;;;;+2/p-2. The minimum absolute atomic E-state index is 1.36. The second-order valence-electron chi connectivity index (χ2n) is 4.20. The summed E-state index contributed by atoms with van der Waals surface area (Å²) in [5.41, 5.74) is 2.72. The van der Waals surface area contributed by atoms with Gasteiger partial charge in [0.25, 0.3) is 0 Å². The predicted octanol–water partition coefficient (Wildman–Crippen LogP) is 3.65. The second kappa shape index (κ2) is 5.45. The van der Waals surface area contributed by atoms with E-state index in [0.29, 0.717) is 0 Å². The van der Waals surface area contributed by atoms with Crippen LogP contribution in [0.5, 0.6) is 0 Å². The van der Waals surface area contributed by atoms with E-state index in [1.54, 1.807) is 0 Å². The van der Waals surface area contributed by atoms with Gasteiger partial charge >= 0.3 is 120 Å². The average molecular weight is 461 g/mol. The summed E-state index contributed by atoms with van der Waals surface area (Å²) < 4.78 is 2.91. The molecule has 0 unspecified atom stereocenters. The van der Waals surface area contributed by atoms with Crippen LogP contribution in [0.1, 0.15) is 11.1 Å². The van der Waals surface area contributed by atoms with Gasteiger partial charge in [-0.25, -0.2) is 0 Å². The Kier molecular flexibility index (Phi) is 4.37. The maximum atomic E-state index is 4.03. The first-order valence-electron chi connectivity index (χ1n) is 5.53. The van der Waals surface area contributed by atoms with E-state index in [1.807, 2.05) is 0 Å². The van der Waals surface area contributed by atoms with Crippen molar-refractivity contribution in [1.82, 2.24) is 0 Å². The fourth-order valence-electron chi connectivity index (χ4n) is 2.00. The Morgan fingerprint density at radius 1 is 0.706 bits per heavy atom. The van der Waals surface area contributed by atoms with Crippen LogP contribution >= 0.6 is 25.4 Å². The monoisotopic (exact) mass is 460 g/mol. The van der Waals surface area contributed by atoms with Gasteiger partial charge in [-0.3, -0.25) is 0 Å². The van der Waals surface area contributed by atoms with Crippen molar-refractivity contribution in [2.45, 2.75) is 13.8 Å². The number of hydrogen-bond acceptors (Lipinski definition) is 0. The van der Waals surface area contributed by atoms with Crippen molar-refractivity contribution in [3.05, 3.63) is 59.7 Å². The zero-order valence-corrected chi connectivity index (χ0v) is 15.9. The van der Waals surface area contributed by atoms with E-state index in [1.165, 1.54) is 18.3 Å². The van der Waals surface area contributed by atoms with Crippen LogP contribution in [0.3, 0.4) is 0 Å². The Hall–Kier alpha value is 0.199. The van der Waals surface area contributed by atoms with Crippen LogP contribution in [-0.4, -0.2) is 13.9 Å². The van der Waals surface area contributed by atoms with Gasteiger partial charge in [0.05, 0.1) is 0 Å². The molecule has 0 saturated carbocycles. The van der Waals surface area contributed by atoms with Crippen LogP contribution in [0.4, 0.5) is 0 Å². The quantitative estimate of drug-likeness (QED) is 0.600. The number of rotatable bonds is 2. The first kappa shape index (κ1) is 13.6. The Morgan fingerprint density at radius 2 is 1.06 bits per heavy atom. The van der Waals surface area contributed by atoms with E-state index >= 15 is 0 Å². The van der Waals surface area contributed by atoms with Crippen molar-refractivity contribution >= 4 is 46.5 Å². The third-order valence-corrected chi connectivity index (χ3v) is 21.5. The molecule has 88 valence electrons. The molecule has 0 nitrogen and oxygen atoms in total. The fourth-order valence-corrected chi connectivity index (χ4v) is 19.8. The first-order valence-corrected chi connectivity index (χ1v) is 21.2. The summed E-state index contributed by atoms with van der Waals surface area (Å²) in [6.07, 6.45) is 0. The van der Waals surface area contributed by atoms with Gasteiger partial charge in [0.2, 0.25) is 0 Å². The third-order valence-electron chi connectivity index (χ3n) is 2.97. The van der Waals surface area contributed by atoms with E-state index in [0.717, 1.165) is 0 Å². The Bertz CT molecular complexity index is 488. The summed E-state index contributed by atoms with van der Waals surface area (Å²) in [5.74, 6) is 0. The molecular weight excluding hydrogens is 447 g/mol. The van der Waals surface area contributed by atoms with E-state index in [2.05, 4.69) is 87.8 Å². The molecule has 2 aromatic rings. The molecule has 0 bridgehead atoms. The van der Waals surface area contributed by atoms with Crippen molar-refractivity contribution < 1.29 is 0 Å². The van der Waals surface area contributed by atoms with Crippen LogP contribution in [0.15, 0.2) is 48.5 Å². The summed E-state index contributed by atoms with van der Waals surface area (Å²) in [4.78, 5) is 0. The maximum absolute atomic E-state index is 4.03. The number of benzene rings is 2. The average Bonchev–Trinajstić information content (AvgIpc) is 2.29. The molecule has 0 amide bonds. The van der Waals surface area contributed by atoms with Gasteiger partial charge in [-0.15, -0.1) is 0 Å². The fraction of sp³-hybridized carbons (Fsp3) is 0.143. The van der Waals surface area contributed by atoms with Gasteiger partial charge < -0.3 is 0 Å². The number of aryl methyl sites for hydroxylation is 2. The Morgan fingerprint density at radius 3 is 1.41 bits per heavy atom. The Labute approximate surface area is 119 Å². The van der Waals surface area contributed by atoms with Crippen molar-refractivity contribution in [1.29, 1.82) is 0 Å². The van der Waals surface area contributed by atoms with E-state index in [9.17, 15) is 0 Å². The normalized spacial score (nSPS) is 11.5. The molecule has 0 fully saturated rings. The summed E-state index contributed by atoms with van der Waals surface area (Å²) in [6, 6.07) is 17.3. The second-order valence-corrected chi connectivity index (χ2v) is 33.7. The van der Waals surface area contributed by atoms with Crippen LogP contribution in [0, 0.1) is 13.8 Å². The van der Waals surface area contributed by atoms with E-state index < -0.39 is 13.9 Å². The van der Waals surface area contributed by atoms with Crippen LogP contribution in [0.25, 0.3) is 0 Å². The van der Waals surface area contributed by atoms with Crippen LogP contribution in [-0.2, 0) is 0 Å². The van der Waals surface area contributed by atoms with Crippen molar-refractivity contribution in [3.63, 3.8) is 0 Å². The molecule has 0 spiro atoms. The van der Waals surface area contributed by atoms with Crippen LogP contribution < -0.4 is 7.16 Å². The molecule has 0 aromatic heterocycles. The number of hydrogen-bond donors (Lipinski definition) is 0. The predicted molar refractivity (Wildman–Crippen MR) is 85.2 cm³/mol. The zero-order chi connectivity index (χ0) is 12.5. The van der Waals surface area contributed by atoms with Gasteiger partial charge in [0.1, 0.15) is 0 Å².